The first kappa shape index (κ1) is 22.5. The summed E-state index contributed by atoms with van der Waals surface area (Å²) in [6.07, 6.45) is 8.70. The number of esters is 1. The van der Waals surface area contributed by atoms with Crippen LogP contribution in [0.3, 0.4) is 0 Å². The molecule has 0 radical (unpaired) electrons. The Morgan fingerprint density at radius 1 is 1.35 bits per heavy atom. The molecule has 0 saturated heterocycles. The second-order valence-corrected chi connectivity index (χ2v) is 6.63. The van der Waals surface area contributed by atoms with Gasteiger partial charge in [0.25, 0.3) is 0 Å². The molecule has 0 aliphatic heterocycles. The quantitative estimate of drug-likeness (QED) is 0.398. The van der Waals surface area contributed by atoms with E-state index in [-0.39, 0.29) is 12.5 Å². The maximum absolute atomic E-state index is 12.2. The van der Waals surface area contributed by atoms with Crippen molar-refractivity contribution in [3.8, 4) is 6.07 Å². The minimum absolute atomic E-state index is 0.0202. The standard InChI is InChI=1S/C20H34N2O4/c1-3-4-13-25-14-15-26-20(23)19(16-21)17-7-5-8-18(10-9-17)22-11-6-12-24-2/h10,17,19,22H,3-9,11-15H2,1-2H3. The van der Waals surface area contributed by atoms with Gasteiger partial charge in [-0.1, -0.05) is 19.4 Å². The van der Waals surface area contributed by atoms with Gasteiger partial charge in [0.2, 0.25) is 0 Å². The average molecular weight is 367 g/mol. The fraction of sp³-hybridized carbons (Fsp3) is 0.800. The topological polar surface area (TPSA) is 80.6 Å². The molecule has 0 heterocycles. The Hall–Kier alpha value is -1.58. The van der Waals surface area contributed by atoms with Crippen LogP contribution in [0.2, 0.25) is 0 Å². The summed E-state index contributed by atoms with van der Waals surface area (Å²) in [5, 5.41) is 12.9. The van der Waals surface area contributed by atoms with E-state index in [4.69, 9.17) is 14.2 Å². The van der Waals surface area contributed by atoms with E-state index in [1.54, 1.807) is 7.11 Å². The van der Waals surface area contributed by atoms with Crippen LogP contribution in [0.5, 0.6) is 0 Å². The molecule has 1 aliphatic rings. The fourth-order valence-electron chi connectivity index (χ4n) is 2.99. The van der Waals surface area contributed by atoms with Gasteiger partial charge in [-0.25, -0.2) is 0 Å². The SMILES string of the molecule is CCCCOCCOC(=O)C(C#N)C1CC=C(NCCCOC)CCC1. The maximum atomic E-state index is 12.2. The van der Waals surface area contributed by atoms with E-state index in [9.17, 15) is 10.1 Å². The first-order valence-corrected chi connectivity index (χ1v) is 9.78. The minimum atomic E-state index is -0.699. The zero-order chi connectivity index (χ0) is 19.0. The van der Waals surface area contributed by atoms with Crippen molar-refractivity contribution in [1.82, 2.24) is 5.32 Å². The van der Waals surface area contributed by atoms with Crippen molar-refractivity contribution in [2.45, 2.75) is 51.9 Å². The van der Waals surface area contributed by atoms with Crippen molar-refractivity contribution in [2.75, 3.05) is 40.1 Å². The number of carbonyl (C=O) groups excluding carboxylic acids is 1. The number of carbonyl (C=O) groups is 1. The summed E-state index contributed by atoms with van der Waals surface area (Å²) in [5.41, 5.74) is 1.21. The Labute approximate surface area is 157 Å². The van der Waals surface area contributed by atoms with Gasteiger partial charge in [-0.3, -0.25) is 4.79 Å². The molecule has 2 atom stereocenters. The van der Waals surface area contributed by atoms with Gasteiger partial charge in [-0.15, -0.1) is 0 Å². The number of ether oxygens (including phenoxy) is 3. The summed E-state index contributed by atoms with van der Waals surface area (Å²) in [6.45, 7) is 5.02. The summed E-state index contributed by atoms with van der Waals surface area (Å²) >= 11 is 0. The van der Waals surface area contributed by atoms with Crippen LogP contribution in [0.4, 0.5) is 0 Å². The normalized spacial score (nSPS) is 18.3. The highest BCUT2D eigenvalue weighted by atomic mass is 16.6. The van der Waals surface area contributed by atoms with Gasteiger partial charge < -0.3 is 19.5 Å². The molecular weight excluding hydrogens is 332 g/mol. The summed E-state index contributed by atoms with van der Waals surface area (Å²) in [5.74, 6) is -1.09. The largest absolute Gasteiger partial charge is 0.462 e. The van der Waals surface area contributed by atoms with Gasteiger partial charge in [0.05, 0.1) is 12.7 Å². The van der Waals surface area contributed by atoms with Crippen LogP contribution in [0.1, 0.15) is 51.9 Å². The van der Waals surface area contributed by atoms with Crippen LogP contribution in [0.15, 0.2) is 11.8 Å². The molecule has 0 fully saturated rings. The van der Waals surface area contributed by atoms with Gasteiger partial charge >= 0.3 is 5.97 Å². The molecule has 0 spiro atoms. The first-order chi connectivity index (χ1) is 12.7. The van der Waals surface area contributed by atoms with E-state index in [1.165, 1.54) is 5.70 Å². The average Bonchev–Trinajstić information content (AvgIpc) is 2.88. The molecule has 0 saturated carbocycles. The summed E-state index contributed by atoms with van der Waals surface area (Å²) < 4.78 is 15.7. The molecule has 0 aromatic carbocycles. The van der Waals surface area contributed by atoms with Crippen molar-refractivity contribution in [2.24, 2.45) is 11.8 Å². The second-order valence-electron chi connectivity index (χ2n) is 6.63. The number of hydrogen-bond acceptors (Lipinski definition) is 6. The molecule has 1 aliphatic carbocycles. The van der Waals surface area contributed by atoms with Crippen molar-refractivity contribution in [3.05, 3.63) is 11.8 Å². The van der Waals surface area contributed by atoms with E-state index in [2.05, 4.69) is 24.4 Å². The van der Waals surface area contributed by atoms with Crippen LogP contribution in [0.25, 0.3) is 0 Å². The van der Waals surface area contributed by atoms with Gasteiger partial charge in [0.15, 0.2) is 0 Å². The van der Waals surface area contributed by atoms with Crippen molar-refractivity contribution < 1.29 is 19.0 Å². The lowest BCUT2D eigenvalue weighted by molar-refractivity contribution is -0.149. The number of nitrogens with one attached hydrogen (secondary N) is 1. The van der Waals surface area contributed by atoms with Crippen molar-refractivity contribution in [3.63, 3.8) is 0 Å². The van der Waals surface area contributed by atoms with Gasteiger partial charge in [0, 0.05) is 32.6 Å². The Morgan fingerprint density at radius 2 is 2.19 bits per heavy atom. The number of nitriles is 1. The minimum Gasteiger partial charge on any atom is -0.462 e. The zero-order valence-electron chi connectivity index (χ0n) is 16.3. The molecule has 26 heavy (non-hydrogen) atoms. The fourth-order valence-corrected chi connectivity index (χ4v) is 2.99. The van der Waals surface area contributed by atoms with E-state index in [0.717, 1.165) is 58.1 Å². The molecule has 2 unspecified atom stereocenters. The highest BCUT2D eigenvalue weighted by molar-refractivity contribution is 5.75. The van der Waals surface area contributed by atoms with Crippen molar-refractivity contribution >= 4 is 5.97 Å². The van der Waals surface area contributed by atoms with E-state index < -0.39 is 11.9 Å². The number of allylic oxidation sites excluding steroid dienone is 2. The van der Waals surface area contributed by atoms with Crippen LogP contribution in [-0.4, -0.2) is 46.1 Å². The molecular formula is C20H34N2O4. The van der Waals surface area contributed by atoms with Gasteiger partial charge in [-0.05, 0) is 44.4 Å². The lowest BCUT2D eigenvalue weighted by Gasteiger charge is -2.18. The maximum Gasteiger partial charge on any atom is 0.323 e. The van der Waals surface area contributed by atoms with Crippen LogP contribution in [0, 0.1) is 23.2 Å². The predicted molar refractivity (Wildman–Crippen MR) is 100 cm³/mol. The number of unbranched alkanes of at least 4 members (excludes halogenated alkanes) is 1. The van der Waals surface area contributed by atoms with E-state index in [0.29, 0.717) is 13.2 Å². The van der Waals surface area contributed by atoms with Crippen LogP contribution in [-0.2, 0) is 19.0 Å². The number of rotatable bonds is 13. The van der Waals surface area contributed by atoms with Crippen LogP contribution >= 0.6 is 0 Å². The van der Waals surface area contributed by atoms with Crippen molar-refractivity contribution in [1.29, 1.82) is 5.26 Å². The lowest BCUT2D eigenvalue weighted by Crippen LogP contribution is -2.25. The second kappa shape index (κ2) is 14.6. The smallest absolute Gasteiger partial charge is 0.323 e. The molecule has 0 aromatic heterocycles. The Bertz CT molecular complexity index is 459. The molecule has 6 nitrogen and oxygen atoms in total. The number of nitrogens with zero attached hydrogens (tertiary/aromatic N) is 1. The summed E-state index contributed by atoms with van der Waals surface area (Å²) in [6, 6.07) is 2.15. The van der Waals surface area contributed by atoms with Gasteiger partial charge in [0.1, 0.15) is 12.5 Å². The third-order valence-electron chi connectivity index (χ3n) is 4.54. The lowest BCUT2D eigenvalue weighted by atomic mass is 9.87. The Balaban J connectivity index is 2.37. The Kier molecular flexibility index (Phi) is 12.6. The monoisotopic (exact) mass is 366 g/mol. The molecule has 0 amide bonds. The highest BCUT2D eigenvalue weighted by Crippen LogP contribution is 2.28. The summed E-state index contributed by atoms with van der Waals surface area (Å²) in [4.78, 5) is 12.2. The first-order valence-electron chi connectivity index (χ1n) is 9.78. The Morgan fingerprint density at radius 3 is 2.92 bits per heavy atom. The molecule has 0 bridgehead atoms. The molecule has 1 rings (SSSR count). The zero-order valence-corrected chi connectivity index (χ0v) is 16.3. The molecule has 6 heteroatoms. The van der Waals surface area contributed by atoms with Crippen LogP contribution < -0.4 is 5.32 Å². The molecule has 0 aromatic rings. The van der Waals surface area contributed by atoms with Gasteiger partial charge in [-0.2, -0.15) is 5.26 Å². The van der Waals surface area contributed by atoms with E-state index >= 15 is 0 Å². The predicted octanol–water partition coefficient (Wildman–Crippen LogP) is 3.19. The molecule has 1 N–H and O–H groups in total. The third-order valence-corrected chi connectivity index (χ3v) is 4.54. The molecule has 148 valence electrons. The highest BCUT2D eigenvalue weighted by Gasteiger charge is 2.30. The third kappa shape index (κ3) is 9.21. The van der Waals surface area contributed by atoms with E-state index in [1.807, 2.05) is 0 Å². The summed E-state index contributed by atoms with van der Waals surface area (Å²) in [7, 11) is 1.70. The number of hydrogen-bond donors (Lipinski definition) is 1. The number of methoxy groups -OCH3 is 1.